The number of aromatic nitrogens is 1. The van der Waals surface area contributed by atoms with Crippen molar-refractivity contribution >= 4 is 45.0 Å². The van der Waals surface area contributed by atoms with E-state index in [9.17, 15) is 4.79 Å². The second-order valence-corrected chi connectivity index (χ2v) is 8.95. The molecule has 2 heterocycles. The van der Waals surface area contributed by atoms with Crippen molar-refractivity contribution in [3.63, 3.8) is 0 Å². The van der Waals surface area contributed by atoms with Crippen molar-refractivity contribution in [3.8, 4) is 11.5 Å². The van der Waals surface area contributed by atoms with Gasteiger partial charge in [0.05, 0.1) is 43.6 Å². The summed E-state index contributed by atoms with van der Waals surface area (Å²) in [5.74, 6) is 1.65. The van der Waals surface area contributed by atoms with Crippen molar-refractivity contribution in [1.29, 1.82) is 0 Å². The average molecular weight is 506 g/mol. The third kappa shape index (κ3) is 6.82. The predicted molar refractivity (Wildman–Crippen MR) is 139 cm³/mol. The normalized spacial score (nSPS) is 13.9. The zero-order valence-electron chi connectivity index (χ0n) is 19.7. The van der Waals surface area contributed by atoms with Gasteiger partial charge in [-0.3, -0.25) is 14.6 Å². The van der Waals surface area contributed by atoms with E-state index < -0.39 is 0 Å². The van der Waals surface area contributed by atoms with E-state index in [2.05, 4.69) is 4.90 Å². The van der Waals surface area contributed by atoms with Crippen molar-refractivity contribution in [2.75, 3.05) is 58.0 Å². The van der Waals surface area contributed by atoms with Gasteiger partial charge in [-0.15, -0.1) is 12.4 Å². The number of methoxy groups -OCH3 is 1. The highest BCUT2D eigenvalue weighted by Gasteiger charge is 2.21. The van der Waals surface area contributed by atoms with Gasteiger partial charge in [-0.25, -0.2) is 4.98 Å². The fourth-order valence-electron chi connectivity index (χ4n) is 3.88. The summed E-state index contributed by atoms with van der Waals surface area (Å²) < 4.78 is 17.3. The Bertz CT molecular complexity index is 1050. The van der Waals surface area contributed by atoms with Crippen LogP contribution in [0, 0.1) is 0 Å². The van der Waals surface area contributed by atoms with E-state index in [1.807, 2.05) is 54.3 Å². The number of nitrogens with zero attached hydrogens (tertiary/aromatic N) is 3. The minimum absolute atomic E-state index is 0. The Hall–Kier alpha value is -2.39. The van der Waals surface area contributed by atoms with Gasteiger partial charge in [0.2, 0.25) is 5.91 Å². The molecule has 1 aliphatic rings. The number of hydrogen-bond donors (Lipinski definition) is 0. The molecular formula is C25H32ClN3O4S. The van der Waals surface area contributed by atoms with Crippen LogP contribution in [0.3, 0.4) is 0 Å². The third-order valence-electron chi connectivity index (χ3n) is 5.67. The monoisotopic (exact) mass is 505 g/mol. The smallest absolute Gasteiger partial charge is 0.233 e. The Morgan fingerprint density at radius 3 is 2.59 bits per heavy atom. The number of thiazole rings is 1. The van der Waals surface area contributed by atoms with Gasteiger partial charge in [0.15, 0.2) is 5.13 Å². The Morgan fingerprint density at radius 1 is 1.15 bits per heavy atom. The molecule has 1 saturated heterocycles. The van der Waals surface area contributed by atoms with Gasteiger partial charge in [-0.1, -0.05) is 23.5 Å². The average Bonchev–Trinajstić information content (AvgIpc) is 3.26. The Morgan fingerprint density at radius 2 is 1.88 bits per heavy atom. The SMILES string of the molecule is CCOc1ccc(CC(=O)N(CCCN2CCOCC2)c2nc3ccc(OC)cc3s2)cc1.Cl. The van der Waals surface area contributed by atoms with E-state index in [4.69, 9.17) is 19.2 Å². The summed E-state index contributed by atoms with van der Waals surface area (Å²) in [7, 11) is 1.65. The third-order valence-corrected chi connectivity index (χ3v) is 6.71. The van der Waals surface area contributed by atoms with Crippen LogP contribution in [-0.2, 0) is 16.0 Å². The molecule has 1 aromatic heterocycles. The number of carbonyl (C=O) groups is 1. The van der Waals surface area contributed by atoms with Crippen LogP contribution < -0.4 is 14.4 Å². The predicted octanol–water partition coefficient (Wildman–Crippen LogP) is 4.42. The molecular weight excluding hydrogens is 474 g/mol. The van der Waals surface area contributed by atoms with Crippen LogP contribution in [0.4, 0.5) is 5.13 Å². The first-order valence-corrected chi connectivity index (χ1v) is 12.2. The van der Waals surface area contributed by atoms with E-state index in [0.29, 0.717) is 19.6 Å². The van der Waals surface area contributed by atoms with Crippen molar-refractivity contribution in [2.24, 2.45) is 0 Å². The zero-order chi connectivity index (χ0) is 23.0. The number of rotatable bonds is 10. The zero-order valence-corrected chi connectivity index (χ0v) is 21.3. The molecule has 0 unspecified atom stereocenters. The first kappa shape index (κ1) is 26.2. The molecule has 0 N–H and O–H groups in total. The van der Waals surface area contributed by atoms with Gasteiger partial charge in [-0.05, 0) is 49.2 Å². The summed E-state index contributed by atoms with van der Waals surface area (Å²) in [5, 5.41) is 0.733. The molecule has 3 aromatic rings. The van der Waals surface area contributed by atoms with E-state index in [1.165, 1.54) is 11.3 Å². The van der Waals surface area contributed by atoms with Crippen LogP contribution in [-0.4, -0.2) is 68.9 Å². The number of anilines is 1. The molecule has 1 amide bonds. The number of morpholine rings is 1. The van der Waals surface area contributed by atoms with Gasteiger partial charge in [-0.2, -0.15) is 0 Å². The van der Waals surface area contributed by atoms with Crippen LogP contribution in [0.25, 0.3) is 10.2 Å². The summed E-state index contributed by atoms with van der Waals surface area (Å²) in [6.45, 7) is 7.60. The summed E-state index contributed by atoms with van der Waals surface area (Å²) in [5.41, 5.74) is 1.84. The van der Waals surface area contributed by atoms with E-state index in [1.54, 1.807) is 7.11 Å². The maximum absolute atomic E-state index is 13.4. The number of ether oxygens (including phenoxy) is 3. The molecule has 0 radical (unpaired) electrons. The molecule has 0 saturated carbocycles. The maximum Gasteiger partial charge on any atom is 0.233 e. The lowest BCUT2D eigenvalue weighted by atomic mass is 10.1. The number of carbonyl (C=O) groups excluding carboxylic acids is 1. The van der Waals surface area contributed by atoms with Crippen LogP contribution in [0.15, 0.2) is 42.5 Å². The quantitative estimate of drug-likeness (QED) is 0.406. The molecule has 0 atom stereocenters. The first-order chi connectivity index (χ1) is 16.2. The Labute approximate surface area is 211 Å². The van der Waals surface area contributed by atoms with Gasteiger partial charge >= 0.3 is 0 Å². The van der Waals surface area contributed by atoms with Gasteiger partial charge < -0.3 is 14.2 Å². The molecule has 0 aliphatic carbocycles. The Kier molecular flexibility index (Phi) is 9.95. The summed E-state index contributed by atoms with van der Waals surface area (Å²) >= 11 is 1.53. The lowest BCUT2D eigenvalue weighted by Crippen LogP contribution is -2.39. The summed E-state index contributed by atoms with van der Waals surface area (Å²) in [6, 6.07) is 13.6. The fourth-order valence-corrected chi connectivity index (χ4v) is 4.92. The topological polar surface area (TPSA) is 64.1 Å². The van der Waals surface area contributed by atoms with Gasteiger partial charge in [0.25, 0.3) is 0 Å². The lowest BCUT2D eigenvalue weighted by molar-refractivity contribution is -0.118. The van der Waals surface area contributed by atoms with Crippen molar-refractivity contribution in [1.82, 2.24) is 9.88 Å². The van der Waals surface area contributed by atoms with Crippen LogP contribution in [0.5, 0.6) is 11.5 Å². The van der Waals surface area contributed by atoms with Gasteiger partial charge in [0.1, 0.15) is 11.5 Å². The second-order valence-electron chi connectivity index (χ2n) is 7.94. The van der Waals surface area contributed by atoms with Crippen LogP contribution in [0.1, 0.15) is 18.9 Å². The minimum Gasteiger partial charge on any atom is -0.497 e. The highest BCUT2D eigenvalue weighted by Crippen LogP contribution is 2.32. The summed E-state index contributed by atoms with van der Waals surface area (Å²) in [4.78, 5) is 22.4. The van der Waals surface area contributed by atoms with E-state index in [-0.39, 0.29) is 18.3 Å². The maximum atomic E-state index is 13.4. The number of benzene rings is 2. The van der Waals surface area contributed by atoms with Crippen LogP contribution >= 0.6 is 23.7 Å². The number of hydrogen-bond acceptors (Lipinski definition) is 7. The van der Waals surface area contributed by atoms with Crippen molar-refractivity contribution in [3.05, 3.63) is 48.0 Å². The number of amides is 1. The highest BCUT2D eigenvalue weighted by molar-refractivity contribution is 7.22. The molecule has 2 aromatic carbocycles. The first-order valence-electron chi connectivity index (χ1n) is 11.4. The van der Waals surface area contributed by atoms with Crippen LogP contribution in [0.2, 0.25) is 0 Å². The molecule has 9 heteroatoms. The van der Waals surface area contributed by atoms with E-state index >= 15 is 0 Å². The minimum atomic E-state index is 0. The van der Waals surface area contributed by atoms with Crippen molar-refractivity contribution in [2.45, 2.75) is 19.8 Å². The highest BCUT2D eigenvalue weighted by atomic mass is 35.5. The number of fused-ring (bicyclic) bond motifs is 1. The largest absolute Gasteiger partial charge is 0.497 e. The molecule has 1 aliphatic heterocycles. The van der Waals surface area contributed by atoms with Gasteiger partial charge in [0, 0.05) is 26.2 Å². The molecule has 4 rings (SSSR count). The second kappa shape index (κ2) is 12.9. The molecule has 0 bridgehead atoms. The molecule has 7 nitrogen and oxygen atoms in total. The lowest BCUT2D eigenvalue weighted by Gasteiger charge is -2.27. The summed E-state index contributed by atoms with van der Waals surface area (Å²) in [6.07, 6.45) is 1.21. The molecule has 34 heavy (non-hydrogen) atoms. The fraction of sp³-hybridized carbons (Fsp3) is 0.440. The molecule has 1 fully saturated rings. The van der Waals surface area contributed by atoms with Crippen molar-refractivity contribution < 1.29 is 19.0 Å². The standard InChI is InChI=1S/C25H31N3O4S.ClH/c1-3-32-20-7-5-19(6-8-20)17-24(29)28(12-4-11-27-13-15-31-16-14-27)25-26-22-10-9-21(30-2)18-23(22)33-25;/h5-10,18H,3-4,11-17H2,1-2H3;1H. The number of halogens is 1. The van der Waals surface area contributed by atoms with E-state index in [0.717, 1.165) is 71.7 Å². The Balaban J connectivity index is 0.00000324. The molecule has 184 valence electrons. The molecule has 0 spiro atoms.